The Labute approximate surface area is 255 Å². The van der Waals surface area contributed by atoms with Crippen LogP contribution in [-0.2, 0) is 15.6 Å². The predicted molar refractivity (Wildman–Crippen MR) is 172 cm³/mol. The number of hydrogen-bond donors (Lipinski definition) is 1. The number of imide groups is 1. The number of carbonyl (C=O) groups is 3. The van der Waals surface area contributed by atoms with Crippen LogP contribution < -0.4 is 15.7 Å². The molecule has 3 amide bonds. The summed E-state index contributed by atoms with van der Waals surface area (Å²) in [5, 5.41) is 5.34. The molecule has 0 saturated heterocycles. The van der Waals surface area contributed by atoms with Crippen molar-refractivity contribution in [3.8, 4) is 0 Å². The Morgan fingerprint density at radius 1 is 0.791 bits per heavy atom. The maximum atomic E-state index is 13.1. The SMILES string of the molecule is Cc1ccc(NC(=O)CN2C(=O)c3ccccc3C2=O)c(C)c1CC(O[Si](c1ccccc1)c1ccccc1)C(C)(C)C. The summed E-state index contributed by atoms with van der Waals surface area (Å²) in [7, 11) is -1.54. The zero-order valence-corrected chi connectivity index (χ0v) is 26.3. The fourth-order valence-corrected chi connectivity index (χ4v) is 7.71. The average Bonchev–Trinajstić information content (AvgIpc) is 3.23. The number of amides is 3. The predicted octanol–water partition coefficient (Wildman–Crippen LogP) is 5.32. The fraction of sp³-hybridized carbons (Fsp3) is 0.250. The van der Waals surface area contributed by atoms with Gasteiger partial charge >= 0.3 is 0 Å². The van der Waals surface area contributed by atoms with Gasteiger partial charge in [0.2, 0.25) is 5.91 Å². The number of aryl methyl sites for hydroxylation is 1. The summed E-state index contributed by atoms with van der Waals surface area (Å²) < 4.78 is 7.10. The maximum Gasteiger partial charge on any atom is 0.283 e. The van der Waals surface area contributed by atoms with Crippen molar-refractivity contribution in [1.29, 1.82) is 0 Å². The van der Waals surface area contributed by atoms with Crippen molar-refractivity contribution in [2.75, 3.05) is 11.9 Å². The smallest absolute Gasteiger partial charge is 0.283 e. The summed E-state index contributed by atoms with van der Waals surface area (Å²) in [6.45, 7) is 10.3. The average molecular weight is 590 g/mol. The van der Waals surface area contributed by atoms with Crippen molar-refractivity contribution >= 4 is 42.8 Å². The van der Waals surface area contributed by atoms with Crippen LogP contribution in [0.5, 0.6) is 0 Å². The first-order valence-corrected chi connectivity index (χ1v) is 15.9. The van der Waals surface area contributed by atoms with Gasteiger partial charge in [0.15, 0.2) is 0 Å². The molecule has 0 aromatic heterocycles. The van der Waals surface area contributed by atoms with Crippen LogP contribution in [0, 0.1) is 19.3 Å². The number of nitrogens with zero attached hydrogens (tertiary/aromatic N) is 1. The Morgan fingerprint density at radius 3 is 1.81 bits per heavy atom. The van der Waals surface area contributed by atoms with Crippen LogP contribution >= 0.6 is 0 Å². The molecule has 5 rings (SSSR count). The highest BCUT2D eigenvalue weighted by molar-refractivity contribution is 6.80. The minimum atomic E-state index is -1.54. The Kier molecular flexibility index (Phi) is 8.76. The first-order chi connectivity index (χ1) is 20.5. The Hall–Kier alpha value is -4.33. The molecule has 0 aliphatic carbocycles. The molecule has 1 aliphatic rings. The molecule has 1 heterocycles. The lowest BCUT2D eigenvalue weighted by Gasteiger charge is -2.35. The van der Waals surface area contributed by atoms with Crippen LogP contribution in [0.15, 0.2) is 97.1 Å². The standard InChI is InChI=1S/C36H37N2O4Si/c1-24-20-21-31(37-33(39)23-38-34(40)28-18-12-13-19-29(28)35(38)41)25(2)30(24)22-32(36(3,4)5)42-43(26-14-8-6-9-15-26)27-16-10-7-11-17-27/h6-21,32H,22-23H2,1-5H3,(H,37,39). The second-order valence-electron chi connectivity index (χ2n) is 12.1. The summed E-state index contributed by atoms with van der Waals surface area (Å²) in [6, 6.07) is 31.4. The molecule has 0 spiro atoms. The molecule has 1 unspecified atom stereocenters. The molecule has 1 N–H and O–H groups in total. The molecule has 7 heteroatoms. The molecule has 6 nitrogen and oxygen atoms in total. The van der Waals surface area contributed by atoms with Crippen LogP contribution in [0.3, 0.4) is 0 Å². The zero-order valence-electron chi connectivity index (χ0n) is 25.3. The number of fused-ring (bicyclic) bond motifs is 1. The molecule has 0 fully saturated rings. The van der Waals surface area contributed by atoms with E-state index >= 15 is 0 Å². The maximum absolute atomic E-state index is 13.1. The van der Waals surface area contributed by atoms with E-state index in [4.69, 9.17) is 4.43 Å². The van der Waals surface area contributed by atoms with Gasteiger partial charge in [-0.2, -0.15) is 0 Å². The Morgan fingerprint density at radius 2 is 1.30 bits per heavy atom. The molecule has 1 atom stereocenters. The van der Waals surface area contributed by atoms with Crippen molar-refractivity contribution in [1.82, 2.24) is 4.90 Å². The number of benzene rings is 4. The second-order valence-corrected chi connectivity index (χ2v) is 14.1. The number of anilines is 1. The number of carbonyl (C=O) groups excluding carboxylic acids is 3. The lowest BCUT2D eigenvalue weighted by molar-refractivity contribution is -0.116. The highest BCUT2D eigenvalue weighted by Gasteiger charge is 2.36. The molecule has 43 heavy (non-hydrogen) atoms. The molecule has 0 saturated carbocycles. The number of nitrogens with one attached hydrogen (secondary N) is 1. The van der Waals surface area contributed by atoms with Gasteiger partial charge in [-0.15, -0.1) is 0 Å². The quantitative estimate of drug-likeness (QED) is 0.212. The third kappa shape index (κ3) is 6.53. The number of hydrogen-bond acceptors (Lipinski definition) is 4. The lowest BCUT2D eigenvalue weighted by atomic mass is 9.83. The van der Waals surface area contributed by atoms with Crippen molar-refractivity contribution in [3.63, 3.8) is 0 Å². The van der Waals surface area contributed by atoms with E-state index in [2.05, 4.69) is 81.5 Å². The van der Waals surface area contributed by atoms with Gasteiger partial charge in [0.25, 0.3) is 20.9 Å². The van der Waals surface area contributed by atoms with Crippen molar-refractivity contribution < 1.29 is 18.8 Å². The van der Waals surface area contributed by atoms with Gasteiger partial charge in [-0.25, -0.2) is 0 Å². The van der Waals surface area contributed by atoms with Gasteiger partial charge < -0.3 is 9.74 Å². The van der Waals surface area contributed by atoms with Gasteiger partial charge in [0.05, 0.1) is 17.2 Å². The molecular weight excluding hydrogens is 552 g/mol. The van der Waals surface area contributed by atoms with Crippen LogP contribution in [0.2, 0.25) is 0 Å². The minimum absolute atomic E-state index is 0.108. The van der Waals surface area contributed by atoms with Crippen LogP contribution in [0.1, 0.15) is 58.2 Å². The Balaban J connectivity index is 1.38. The summed E-state index contributed by atoms with van der Waals surface area (Å²) in [5.41, 5.74) is 4.32. The molecule has 1 aliphatic heterocycles. The first kappa shape index (κ1) is 30.1. The molecular formula is C36H37N2O4Si. The van der Waals surface area contributed by atoms with Crippen LogP contribution in [0.4, 0.5) is 5.69 Å². The largest absolute Gasteiger partial charge is 0.403 e. The summed E-state index contributed by atoms with van der Waals surface area (Å²) in [4.78, 5) is 39.7. The van der Waals surface area contributed by atoms with Gasteiger partial charge in [0.1, 0.15) is 6.54 Å². The van der Waals surface area contributed by atoms with Gasteiger partial charge in [-0.1, -0.05) is 99.6 Å². The van der Waals surface area contributed by atoms with E-state index in [-0.39, 0.29) is 18.1 Å². The topological polar surface area (TPSA) is 75.7 Å². The molecule has 219 valence electrons. The van der Waals surface area contributed by atoms with Crippen LogP contribution in [0.25, 0.3) is 0 Å². The normalized spacial score (nSPS) is 13.8. The van der Waals surface area contributed by atoms with Gasteiger partial charge in [0, 0.05) is 5.69 Å². The van der Waals surface area contributed by atoms with Gasteiger partial charge in [-0.05, 0) is 70.9 Å². The first-order valence-electron chi connectivity index (χ1n) is 14.5. The summed E-state index contributed by atoms with van der Waals surface area (Å²) >= 11 is 0. The van der Waals surface area contributed by atoms with E-state index in [0.29, 0.717) is 23.2 Å². The highest BCUT2D eigenvalue weighted by Crippen LogP contribution is 2.31. The highest BCUT2D eigenvalue weighted by atomic mass is 28.3. The monoisotopic (exact) mass is 589 g/mol. The summed E-state index contributed by atoms with van der Waals surface area (Å²) in [5.74, 6) is -1.32. The van der Waals surface area contributed by atoms with E-state index in [1.54, 1.807) is 24.3 Å². The third-order valence-electron chi connectivity index (χ3n) is 7.97. The van der Waals surface area contributed by atoms with E-state index < -0.39 is 26.8 Å². The zero-order chi connectivity index (χ0) is 30.7. The van der Waals surface area contributed by atoms with E-state index in [9.17, 15) is 14.4 Å². The van der Waals surface area contributed by atoms with E-state index in [1.165, 1.54) is 10.4 Å². The molecule has 1 radical (unpaired) electrons. The summed E-state index contributed by atoms with van der Waals surface area (Å²) in [6.07, 6.45) is 0.556. The van der Waals surface area contributed by atoms with Crippen molar-refractivity contribution in [3.05, 3.63) is 125 Å². The van der Waals surface area contributed by atoms with Crippen molar-refractivity contribution in [2.24, 2.45) is 5.41 Å². The van der Waals surface area contributed by atoms with Gasteiger partial charge in [-0.3, -0.25) is 19.3 Å². The molecule has 4 aromatic rings. The fourth-order valence-electron chi connectivity index (χ4n) is 5.39. The van der Waals surface area contributed by atoms with E-state index in [0.717, 1.165) is 21.6 Å². The minimum Gasteiger partial charge on any atom is -0.403 e. The molecule has 4 aromatic carbocycles. The molecule has 0 bridgehead atoms. The third-order valence-corrected chi connectivity index (χ3v) is 10.2. The Bertz CT molecular complexity index is 1570. The van der Waals surface area contributed by atoms with Crippen molar-refractivity contribution in [2.45, 2.75) is 47.1 Å². The lowest BCUT2D eigenvalue weighted by Crippen LogP contribution is -2.50. The van der Waals surface area contributed by atoms with E-state index in [1.807, 2.05) is 31.2 Å². The van der Waals surface area contributed by atoms with Crippen LogP contribution in [-0.4, -0.2) is 44.3 Å². The number of rotatable bonds is 9. The second kappa shape index (κ2) is 12.5.